The normalized spacial score (nSPS) is 10.2. The van der Waals surface area contributed by atoms with Crippen LogP contribution in [0.1, 0.15) is 43.6 Å². The van der Waals surface area contributed by atoms with Crippen LogP contribution in [-0.4, -0.2) is 23.3 Å². The summed E-state index contributed by atoms with van der Waals surface area (Å²) in [6, 6.07) is 10.6. The molecular weight excluding hydrogens is 316 g/mol. The highest BCUT2D eigenvalue weighted by atomic mass is 16.2. The van der Waals surface area contributed by atoms with Gasteiger partial charge in [0.05, 0.1) is 0 Å². The number of nitrogens with zero attached hydrogens (tertiary/aromatic N) is 1. The number of amides is 2. The van der Waals surface area contributed by atoms with Gasteiger partial charge in [-0.05, 0) is 36.8 Å². The molecule has 6 heteroatoms. The van der Waals surface area contributed by atoms with Gasteiger partial charge < -0.3 is 16.0 Å². The van der Waals surface area contributed by atoms with Crippen molar-refractivity contribution in [2.45, 2.75) is 33.1 Å². The molecule has 2 rings (SSSR count). The summed E-state index contributed by atoms with van der Waals surface area (Å²) in [5.74, 6) is -0.454. The second kappa shape index (κ2) is 9.42. The lowest BCUT2D eigenvalue weighted by Gasteiger charge is -2.09. The van der Waals surface area contributed by atoms with E-state index in [1.165, 1.54) is 19.8 Å². The number of unbranched alkanes of at least 4 members (excludes halogenated alkanes) is 2. The molecule has 0 saturated heterocycles. The van der Waals surface area contributed by atoms with E-state index in [4.69, 9.17) is 0 Å². The minimum atomic E-state index is -0.294. The Kier molecular flexibility index (Phi) is 6.95. The molecule has 0 aliphatic heterocycles. The molecule has 0 atom stereocenters. The largest absolute Gasteiger partial charge is 0.385 e. The first kappa shape index (κ1) is 18.4. The van der Waals surface area contributed by atoms with E-state index in [2.05, 4.69) is 27.9 Å². The molecule has 1 heterocycles. The highest BCUT2D eigenvalue weighted by Gasteiger charge is 2.09. The van der Waals surface area contributed by atoms with Crippen LogP contribution in [0.25, 0.3) is 0 Å². The fraction of sp³-hybridized carbons (Fsp3) is 0.316. The number of aromatic nitrogens is 1. The SMILES string of the molecule is CCCCCNc1ccnc(C(=O)Nc2cccc(NC(C)=O)c2)c1. The van der Waals surface area contributed by atoms with Crippen LogP contribution in [0.4, 0.5) is 17.1 Å². The first-order valence-electron chi connectivity index (χ1n) is 8.47. The quantitative estimate of drug-likeness (QED) is 0.637. The first-order valence-corrected chi connectivity index (χ1v) is 8.47. The predicted molar refractivity (Wildman–Crippen MR) is 101 cm³/mol. The van der Waals surface area contributed by atoms with Crippen LogP contribution in [0.2, 0.25) is 0 Å². The molecule has 3 N–H and O–H groups in total. The van der Waals surface area contributed by atoms with Crippen molar-refractivity contribution in [1.82, 2.24) is 4.98 Å². The number of nitrogens with one attached hydrogen (secondary N) is 3. The van der Waals surface area contributed by atoms with Crippen molar-refractivity contribution in [1.29, 1.82) is 0 Å². The van der Waals surface area contributed by atoms with Gasteiger partial charge in [-0.3, -0.25) is 14.6 Å². The lowest BCUT2D eigenvalue weighted by molar-refractivity contribution is -0.114. The summed E-state index contributed by atoms with van der Waals surface area (Å²) in [6.45, 7) is 4.47. The van der Waals surface area contributed by atoms with E-state index in [0.717, 1.165) is 18.7 Å². The van der Waals surface area contributed by atoms with E-state index in [0.29, 0.717) is 17.1 Å². The standard InChI is InChI=1S/C19H24N4O2/c1-3-4-5-10-20-15-9-11-21-18(13-15)19(25)23-17-8-6-7-16(12-17)22-14(2)24/h6-9,11-13H,3-5,10H2,1-2H3,(H,20,21)(H,22,24)(H,23,25). The fourth-order valence-corrected chi connectivity index (χ4v) is 2.35. The Morgan fingerprint density at radius 2 is 1.76 bits per heavy atom. The molecule has 0 aliphatic rings. The molecule has 2 amide bonds. The van der Waals surface area contributed by atoms with E-state index >= 15 is 0 Å². The van der Waals surface area contributed by atoms with Crippen LogP contribution < -0.4 is 16.0 Å². The number of pyridine rings is 1. The predicted octanol–water partition coefficient (Wildman–Crippen LogP) is 3.89. The van der Waals surface area contributed by atoms with Crippen molar-refractivity contribution in [2.24, 2.45) is 0 Å². The van der Waals surface area contributed by atoms with Gasteiger partial charge in [-0.2, -0.15) is 0 Å². The van der Waals surface area contributed by atoms with Crippen LogP contribution >= 0.6 is 0 Å². The van der Waals surface area contributed by atoms with Crippen molar-refractivity contribution in [3.63, 3.8) is 0 Å². The molecule has 1 aromatic heterocycles. The second-order valence-electron chi connectivity index (χ2n) is 5.78. The summed E-state index contributed by atoms with van der Waals surface area (Å²) in [4.78, 5) is 27.6. The third kappa shape index (κ3) is 6.25. The van der Waals surface area contributed by atoms with Gasteiger partial charge in [0.15, 0.2) is 0 Å². The number of anilines is 3. The number of carbonyl (C=O) groups excluding carboxylic acids is 2. The van der Waals surface area contributed by atoms with E-state index in [1.807, 2.05) is 6.07 Å². The second-order valence-corrected chi connectivity index (χ2v) is 5.78. The number of carbonyl (C=O) groups is 2. The Morgan fingerprint density at radius 1 is 1.00 bits per heavy atom. The molecule has 2 aromatic rings. The zero-order chi connectivity index (χ0) is 18.1. The van der Waals surface area contributed by atoms with Gasteiger partial charge in [0, 0.05) is 36.7 Å². The Hall–Kier alpha value is -2.89. The molecular formula is C19H24N4O2. The fourth-order valence-electron chi connectivity index (χ4n) is 2.35. The molecule has 132 valence electrons. The maximum absolute atomic E-state index is 12.4. The van der Waals surface area contributed by atoms with Crippen LogP contribution in [0.5, 0.6) is 0 Å². The molecule has 0 fully saturated rings. The maximum atomic E-state index is 12.4. The summed E-state index contributed by atoms with van der Waals surface area (Å²) in [5, 5.41) is 8.78. The molecule has 0 aliphatic carbocycles. The summed E-state index contributed by atoms with van der Waals surface area (Å²) < 4.78 is 0. The molecule has 6 nitrogen and oxygen atoms in total. The average Bonchev–Trinajstić information content (AvgIpc) is 2.59. The van der Waals surface area contributed by atoms with Gasteiger partial charge in [0.25, 0.3) is 5.91 Å². The van der Waals surface area contributed by atoms with Crippen LogP contribution in [0.3, 0.4) is 0 Å². The molecule has 25 heavy (non-hydrogen) atoms. The number of hydrogen-bond donors (Lipinski definition) is 3. The van der Waals surface area contributed by atoms with Gasteiger partial charge in [-0.1, -0.05) is 25.8 Å². The van der Waals surface area contributed by atoms with Crippen molar-refractivity contribution in [2.75, 3.05) is 22.5 Å². The first-order chi connectivity index (χ1) is 12.1. The lowest BCUT2D eigenvalue weighted by Crippen LogP contribution is -2.14. The Bertz CT molecular complexity index is 731. The summed E-state index contributed by atoms with van der Waals surface area (Å²) in [6.07, 6.45) is 5.06. The highest BCUT2D eigenvalue weighted by molar-refractivity contribution is 6.03. The van der Waals surface area contributed by atoms with Gasteiger partial charge in [0.1, 0.15) is 5.69 Å². The number of benzene rings is 1. The van der Waals surface area contributed by atoms with Gasteiger partial charge in [-0.15, -0.1) is 0 Å². The third-order valence-corrected chi connectivity index (χ3v) is 3.54. The van der Waals surface area contributed by atoms with Crippen LogP contribution in [-0.2, 0) is 4.79 Å². The third-order valence-electron chi connectivity index (χ3n) is 3.54. The lowest BCUT2D eigenvalue weighted by atomic mass is 10.2. The molecule has 0 bridgehead atoms. The Labute approximate surface area is 148 Å². The van der Waals surface area contributed by atoms with Gasteiger partial charge in [0.2, 0.25) is 5.91 Å². The smallest absolute Gasteiger partial charge is 0.274 e. The highest BCUT2D eigenvalue weighted by Crippen LogP contribution is 2.16. The topological polar surface area (TPSA) is 83.1 Å². The monoisotopic (exact) mass is 340 g/mol. The molecule has 0 unspecified atom stereocenters. The maximum Gasteiger partial charge on any atom is 0.274 e. The van der Waals surface area contributed by atoms with E-state index < -0.39 is 0 Å². The summed E-state index contributed by atoms with van der Waals surface area (Å²) >= 11 is 0. The average molecular weight is 340 g/mol. The van der Waals surface area contributed by atoms with Crippen molar-refractivity contribution in [3.05, 3.63) is 48.3 Å². The minimum Gasteiger partial charge on any atom is -0.385 e. The Balaban J connectivity index is 1.99. The molecule has 1 aromatic carbocycles. The van der Waals surface area contributed by atoms with Crippen molar-refractivity contribution >= 4 is 28.9 Å². The molecule has 0 spiro atoms. The zero-order valence-corrected chi connectivity index (χ0v) is 14.6. The minimum absolute atomic E-state index is 0.160. The van der Waals surface area contributed by atoms with Gasteiger partial charge >= 0.3 is 0 Å². The van der Waals surface area contributed by atoms with E-state index in [-0.39, 0.29) is 11.8 Å². The van der Waals surface area contributed by atoms with Crippen LogP contribution in [0.15, 0.2) is 42.6 Å². The summed E-state index contributed by atoms with van der Waals surface area (Å²) in [7, 11) is 0. The van der Waals surface area contributed by atoms with Crippen LogP contribution in [0, 0.1) is 0 Å². The van der Waals surface area contributed by atoms with E-state index in [9.17, 15) is 9.59 Å². The Morgan fingerprint density at radius 3 is 2.48 bits per heavy atom. The summed E-state index contributed by atoms with van der Waals surface area (Å²) in [5.41, 5.74) is 2.44. The van der Waals surface area contributed by atoms with Crippen molar-refractivity contribution in [3.8, 4) is 0 Å². The van der Waals surface area contributed by atoms with E-state index in [1.54, 1.807) is 36.5 Å². The van der Waals surface area contributed by atoms with Gasteiger partial charge in [-0.25, -0.2) is 0 Å². The number of hydrogen-bond acceptors (Lipinski definition) is 4. The van der Waals surface area contributed by atoms with Crippen molar-refractivity contribution < 1.29 is 9.59 Å². The zero-order valence-electron chi connectivity index (χ0n) is 14.6. The molecule has 0 saturated carbocycles. The number of rotatable bonds is 8. The molecule has 0 radical (unpaired) electrons.